The molecule has 212 valence electrons. The average molecular weight is 563 g/mol. The average Bonchev–Trinajstić information content (AvgIpc) is 3.90. The third-order valence-corrected chi connectivity index (χ3v) is 7.93. The van der Waals surface area contributed by atoms with Crippen LogP contribution in [0, 0.1) is 0 Å². The van der Waals surface area contributed by atoms with E-state index in [1.165, 1.54) is 10.9 Å². The predicted molar refractivity (Wildman–Crippen MR) is 147 cm³/mol. The van der Waals surface area contributed by atoms with Gasteiger partial charge in [0.05, 0.1) is 24.7 Å². The van der Waals surface area contributed by atoms with Crippen LogP contribution in [0.3, 0.4) is 0 Å². The molecule has 0 bridgehead atoms. The molecule has 7 rings (SSSR count). The van der Waals surface area contributed by atoms with Gasteiger partial charge in [0.2, 0.25) is 5.88 Å². The molecule has 0 N–H and O–H groups in total. The van der Waals surface area contributed by atoms with Gasteiger partial charge in [-0.25, -0.2) is 24.9 Å². The molecule has 1 aromatic carbocycles. The molecule has 2 fully saturated rings. The van der Waals surface area contributed by atoms with E-state index in [9.17, 15) is 13.2 Å². The molecule has 0 atom stereocenters. The molecule has 12 heteroatoms. The molecule has 0 radical (unpaired) electrons. The fourth-order valence-corrected chi connectivity index (χ4v) is 5.56. The monoisotopic (exact) mass is 562 g/mol. The van der Waals surface area contributed by atoms with Gasteiger partial charge in [0.1, 0.15) is 17.7 Å². The minimum Gasteiger partial charge on any atom is -0.480 e. The Morgan fingerprint density at radius 3 is 2.41 bits per heavy atom. The Bertz CT molecular complexity index is 1590. The van der Waals surface area contributed by atoms with Gasteiger partial charge in [-0.15, -0.1) is 0 Å². The summed E-state index contributed by atoms with van der Waals surface area (Å²) in [6.45, 7) is 2.25. The second-order valence-electron chi connectivity index (χ2n) is 10.9. The molecule has 3 aliphatic rings. The molecule has 0 spiro atoms. The van der Waals surface area contributed by atoms with E-state index in [2.05, 4.69) is 24.8 Å². The van der Waals surface area contributed by atoms with Crippen LogP contribution >= 0.6 is 0 Å². The van der Waals surface area contributed by atoms with Gasteiger partial charge in [0.25, 0.3) is 0 Å². The van der Waals surface area contributed by atoms with Gasteiger partial charge in [-0.05, 0) is 31.2 Å². The summed E-state index contributed by atoms with van der Waals surface area (Å²) in [5, 5.41) is 0. The molecular formula is C29H29F3N8O. The smallest absolute Gasteiger partial charge is 0.434 e. The van der Waals surface area contributed by atoms with Crippen LogP contribution < -0.4 is 14.5 Å². The van der Waals surface area contributed by atoms with Crippen LogP contribution in [0.1, 0.15) is 48.6 Å². The van der Waals surface area contributed by atoms with Crippen molar-refractivity contribution in [2.75, 3.05) is 30.0 Å². The maximum atomic E-state index is 13.2. The van der Waals surface area contributed by atoms with E-state index in [4.69, 9.17) is 14.7 Å². The minimum absolute atomic E-state index is 0.273. The fourth-order valence-electron chi connectivity index (χ4n) is 5.56. The van der Waals surface area contributed by atoms with Gasteiger partial charge in [-0.1, -0.05) is 24.3 Å². The van der Waals surface area contributed by atoms with Crippen LogP contribution in [0.15, 0.2) is 43.0 Å². The lowest BCUT2D eigenvalue weighted by atomic mass is 10.1. The number of benzene rings is 1. The first kappa shape index (κ1) is 25.7. The number of aryl methyl sites for hydroxylation is 1. The summed E-state index contributed by atoms with van der Waals surface area (Å²) in [6.07, 6.45) is 4.45. The highest BCUT2D eigenvalue weighted by Gasteiger charge is 2.37. The summed E-state index contributed by atoms with van der Waals surface area (Å²) < 4.78 is 46.5. The molecule has 2 aliphatic carbocycles. The van der Waals surface area contributed by atoms with Crippen LogP contribution in [0.4, 0.5) is 24.7 Å². The van der Waals surface area contributed by atoms with E-state index in [-0.39, 0.29) is 5.82 Å². The first-order valence-corrected chi connectivity index (χ1v) is 13.8. The predicted octanol–water partition coefficient (Wildman–Crippen LogP) is 5.23. The van der Waals surface area contributed by atoms with Crippen LogP contribution in [0.2, 0.25) is 0 Å². The quantitative estimate of drug-likeness (QED) is 0.303. The number of nitrogens with zero attached hydrogens (tertiary/aromatic N) is 8. The molecule has 3 aromatic heterocycles. The number of alkyl halides is 3. The minimum atomic E-state index is -4.48. The van der Waals surface area contributed by atoms with Gasteiger partial charge >= 0.3 is 6.18 Å². The molecule has 2 saturated carbocycles. The zero-order valence-corrected chi connectivity index (χ0v) is 22.8. The summed E-state index contributed by atoms with van der Waals surface area (Å²) >= 11 is 0. The molecule has 9 nitrogen and oxygen atoms in total. The number of hydrogen-bond donors (Lipinski definition) is 0. The summed E-state index contributed by atoms with van der Waals surface area (Å²) in [5.74, 6) is 2.52. The molecule has 41 heavy (non-hydrogen) atoms. The summed E-state index contributed by atoms with van der Waals surface area (Å²) in [5.41, 5.74) is 3.43. The zero-order chi connectivity index (χ0) is 28.3. The normalized spacial score (nSPS) is 17.1. The SMILES string of the molecule is COc1ncnc(C2CC2)c1-c1ncc2c(n1)N(Cc1ccc(-c3nc(C(F)(F)F)cn3C)cc1)CCN2C1CC1. The van der Waals surface area contributed by atoms with Gasteiger partial charge < -0.3 is 19.1 Å². The van der Waals surface area contributed by atoms with E-state index < -0.39 is 11.9 Å². The summed E-state index contributed by atoms with van der Waals surface area (Å²) in [4.78, 5) is 27.3. The number of ether oxygens (including phenoxy) is 1. The molecule has 0 saturated heterocycles. The van der Waals surface area contributed by atoms with Crippen molar-refractivity contribution in [1.82, 2.24) is 29.5 Å². The Hall–Kier alpha value is -4.22. The highest BCUT2D eigenvalue weighted by atomic mass is 19.4. The molecule has 4 heterocycles. The molecule has 0 unspecified atom stereocenters. The summed E-state index contributed by atoms with van der Waals surface area (Å²) in [7, 11) is 3.17. The maximum Gasteiger partial charge on any atom is 0.434 e. The largest absolute Gasteiger partial charge is 0.480 e. The third kappa shape index (κ3) is 4.85. The Balaban J connectivity index is 1.21. The topological polar surface area (TPSA) is 85.1 Å². The van der Waals surface area contributed by atoms with E-state index in [0.29, 0.717) is 35.8 Å². The van der Waals surface area contributed by atoms with Crippen molar-refractivity contribution in [3.8, 4) is 28.7 Å². The van der Waals surface area contributed by atoms with E-state index in [1.54, 1.807) is 14.2 Å². The zero-order valence-electron chi connectivity index (χ0n) is 22.8. The Kier molecular flexibility index (Phi) is 6.09. The van der Waals surface area contributed by atoms with Crippen molar-refractivity contribution in [1.29, 1.82) is 0 Å². The summed E-state index contributed by atoms with van der Waals surface area (Å²) in [6, 6.07) is 8.02. The van der Waals surface area contributed by atoms with Crippen molar-refractivity contribution in [3.63, 3.8) is 0 Å². The van der Waals surface area contributed by atoms with Crippen LogP contribution in [-0.4, -0.2) is 55.7 Å². The molecule has 4 aromatic rings. The number of halogens is 3. The highest BCUT2D eigenvalue weighted by molar-refractivity contribution is 5.75. The lowest BCUT2D eigenvalue weighted by Crippen LogP contribution is -2.42. The first-order chi connectivity index (χ1) is 19.8. The molecular weight excluding hydrogens is 533 g/mol. The second-order valence-corrected chi connectivity index (χ2v) is 10.9. The number of methoxy groups -OCH3 is 1. The highest BCUT2D eigenvalue weighted by Crippen LogP contribution is 2.46. The number of aromatic nitrogens is 6. The third-order valence-electron chi connectivity index (χ3n) is 7.93. The lowest BCUT2D eigenvalue weighted by molar-refractivity contribution is -0.140. The van der Waals surface area contributed by atoms with Gasteiger partial charge in [-0.3, -0.25) is 0 Å². The Labute approximate surface area is 235 Å². The van der Waals surface area contributed by atoms with Crippen LogP contribution in [-0.2, 0) is 19.8 Å². The van der Waals surface area contributed by atoms with E-state index in [1.807, 2.05) is 30.5 Å². The van der Waals surface area contributed by atoms with E-state index in [0.717, 1.165) is 73.3 Å². The van der Waals surface area contributed by atoms with Crippen molar-refractivity contribution in [2.24, 2.45) is 7.05 Å². The van der Waals surface area contributed by atoms with Crippen molar-refractivity contribution < 1.29 is 17.9 Å². The number of hydrogen-bond acceptors (Lipinski definition) is 8. The number of imidazole rings is 1. The van der Waals surface area contributed by atoms with Crippen LogP contribution in [0.25, 0.3) is 22.8 Å². The van der Waals surface area contributed by atoms with Gasteiger partial charge in [0, 0.05) is 50.4 Å². The number of rotatable bonds is 7. The van der Waals surface area contributed by atoms with Crippen molar-refractivity contribution >= 4 is 11.5 Å². The first-order valence-electron chi connectivity index (χ1n) is 13.8. The number of anilines is 2. The maximum absolute atomic E-state index is 13.2. The molecule has 0 amide bonds. The Morgan fingerprint density at radius 2 is 1.76 bits per heavy atom. The van der Waals surface area contributed by atoms with Crippen molar-refractivity contribution in [2.45, 2.75) is 50.4 Å². The number of fused-ring (bicyclic) bond motifs is 1. The fraction of sp³-hybridized carbons (Fsp3) is 0.414. The van der Waals surface area contributed by atoms with Gasteiger partial charge in [0.15, 0.2) is 17.3 Å². The second kappa shape index (κ2) is 9.71. The lowest BCUT2D eigenvalue weighted by Gasteiger charge is -2.38. The van der Waals surface area contributed by atoms with E-state index >= 15 is 0 Å². The molecule has 1 aliphatic heterocycles. The van der Waals surface area contributed by atoms with Gasteiger partial charge in [-0.2, -0.15) is 13.2 Å². The Morgan fingerprint density at radius 1 is 0.976 bits per heavy atom. The van der Waals surface area contributed by atoms with Crippen LogP contribution in [0.5, 0.6) is 5.88 Å². The van der Waals surface area contributed by atoms with Crippen molar-refractivity contribution in [3.05, 3.63) is 59.9 Å². The standard InChI is InChI=1S/C29H29F3N8O/c1-38-15-22(29(30,31)32)36-26(38)19-5-3-17(4-6-19)14-39-11-12-40(20-9-10-20)21-13-33-25(37-27(21)39)23-24(18-7-8-18)34-16-35-28(23)41-2/h3-6,13,15-16,18,20H,7-12,14H2,1-2H3.